The molecule has 0 aliphatic carbocycles. The molecule has 0 aliphatic heterocycles. The highest BCUT2D eigenvalue weighted by Crippen LogP contribution is 2.40. The number of hydrogen-bond donors (Lipinski definition) is 2. The van der Waals surface area contributed by atoms with Crippen LogP contribution in [0, 0.1) is 0 Å². The zero-order valence-corrected chi connectivity index (χ0v) is 18.0. The number of anilines is 3. The summed E-state index contributed by atoms with van der Waals surface area (Å²) in [7, 11) is 6.73. The molecule has 0 spiro atoms. The molecule has 0 radical (unpaired) electrons. The highest BCUT2D eigenvalue weighted by atomic mass is 16.5. The van der Waals surface area contributed by atoms with Crippen LogP contribution in [0.1, 0.15) is 5.56 Å². The third kappa shape index (κ3) is 4.18. The average molecular weight is 419 g/mol. The van der Waals surface area contributed by atoms with Gasteiger partial charge in [-0.3, -0.25) is 0 Å². The van der Waals surface area contributed by atoms with Crippen molar-refractivity contribution in [3.8, 4) is 17.2 Å². The van der Waals surface area contributed by atoms with Crippen molar-refractivity contribution in [1.82, 2.24) is 14.5 Å². The molecule has 4 rings (SSSR count). The van der Waals surface area contributed by atoms with Gasteiger partial charge in [0.05, 0.1) is 33.0 Å². The highest BCUT2D eigenvalue weighted by Gasteiger charge is 2.14. The maximum atomic E-state index is 5.43. The molecule has 8 nitrogen and oxygen atoms in total. The summed E-state index contributed by atoms with van der Waals surface area (Å²) in [5, 5.41) is 6.69. The molecule has 31 heavy (non-hydrogen) atoms. The zero-order chi connectivity index (χ0) is 21.8. The maximum Gasteiger partial charge on any atom is 0.203 e. The second-order valence-corrected chi connectivity index (χ2v) is 6.93. The van der Waals surface area contributed by atoms with E-state index in [0.717, 1.165) is 22.7 Å². The van der Waals surface area contributed by atoms with E-state index in [0.29, 0.717) is 29.6 Å². The minimum atomic E-state index is 0.541. The van der Waals surface area contributed by atoms with Gasteiger partial charge in [-0.1, -0.05) is 30.3 Å². The van der Waals surface area contributed by atoms with E-state index >= 15 is 0 Å². The van der Waals surface area contributed by atoms with Crippen LogP contribution in [0.15, 0.2) is 54.7 Å². The van der Waals surface area contributed by atoms with Gasteiger partial charge in [-0.2, -0.15) is 0 Å². The summed E-state index contributed by atoms with van der Waals surface area (Å²) in [4.78, 5) is 9.16. The van der Waals surface area contributed by atoms with Crippen molar-refractivity contribution < 1.29 is 14.2 Å². The third-order valence-corrected chi connectivity index (χ3v) is 5.00. The summed E-state index contributed by atoms with van der Waals surface area (Å²) in [5.74, 6) is 3.14. The number of fused-ring (bicyclic) bond motifs is 1. The van der Waals surface area contributed by atoms with Gasteiger partial charge in [-0.25, -0.2) is 9.97 Å². The second-order valence-electron chi connectivity index (χ2n) is 6.93. The quantitative estimate of drug-likeness (QED) is 0.439. The molecule has 2 aromatic heterocycles. The molecule has 8 heteroatoms. The lowest BCUT2D eigenvalue weighted by molar-refractivity contribution is 0.324. The number of nitrogens with zero attached hydrogens (tertiary/aromatic N) is 3. The van der Waals surface area contributed by atoms with E-state index in [-0.39, 0.29) is 0 Å². The summed E-state index contributed by atoms with van der Waals surface area (Å²) in [6.45, 7) is 0.696. The molecule has 2 heterocycles. The molecule has 2 N–H and O–H groups in total. The lowest BCUT2D eigenvalue weighted by Gasteiger charge is -2.15. The van der Waals surface area contributed by atoms with Gasteiger partial charge in [0.25, 0.3) is 0 Å². The predicted molar refractivity (Wildman–Crippen MR) is 122 cm³/mol. The van der Waals surface area contributed by atoms with E-state index in [4.69, 9.17) is 14.2 Å². The first-order valence-corrected chi connectivity index (χ1v) is 9.80. The Morgan fingerprint density at radius 1 is 0.935 bits per heavy atom. The molecule has 0 amide bonds. The molecule has 0 atom stereocenters. The van der Waals surface area contributed by atoms with Crippen LogP contribution in [0.25, 0.3) is 11.0 Å². The lowest BCUT2D eigenvalue weighted by Crippen LogP contribution is -2.04. The smallest absolute Gasteiger partial charge is 0.203 e. The number of benzene rings is 2. The van der Waals surface area contributed by atoms with Crippen molar-refractivity contribution in [3.63, 3.8) is 0 Å². The van der Waals surface area contributed by atoms with Crippen LogP contribution >= 0.6 is 0 Å². The minimum absolute atomic E-state index is 0.541. The summed E-state index contributed by atoms with van der Waals surface area (Å²) < 4.78 is 18.2. The van der Waals surface area contributed by atoms with Crippen molar-refractivity contribution in [3.05, 3.63) is 60.3 Å². The fourth-order valence-corrected chi connectivity index (χ4v) is 3.40. The van der Waals surface area contributed by atoms with Crippen LogP contribution in [0.2, 0.25) is 0 Å². The number of methoxy groups -OCH3 is 3. The number of aromatic nitrogens is 3. The molecule has 0 bridgehead atoms. The number of rotatable bonds is 8. The maximum absolute atomic E-state index is 5.43. The number of aryl methyl sites for hydroxylation is 1. The Morgan fingerprint density at radius 3 is 2.29 bits per heavy atom. The van der Waals surface area contributed by atoms with Crippen molar-refractivity contribution in [2.24, 2.45) is 7.05 Å². The van der Waals surface area contributed by atoms with E-state index in [2.05, 4.69) is 32.7 Å². The van der Waals surface area contributed by atoms with Crippen molar-refractivity contribution >= 4 is 28.5 Å². The van der Waals surface area contributed by atoms with Crippen molar-refractivity contribution in [2.45, 2.75) is 6.54 Å². The molecule has 2 aromatic carbocycles. The molecular weight excluding hydrogens is 394 g/mol. The summed E-state index contributed by atoms with van der Waals surface area (Å²) >= 11 is 0. The zero-order valence-electron chi connectivity index (χ0n) is 18.0. The van der Waals surface area contributed by atoms with Gasteiger partial charge in [0.2, 0.25) is 11.7 Å². The number of pyridine rings is 1. The molecule has 0 fully saturated rings. The Bertz CT molecular complexity index is 1170. The van der Waals surface area contributed by atoms with Crippen LogP contribution in [-0.2, 0) is 13.6 Å². The number of nitrogens with one attached hydrogen (secondary N) is 2. The van der Waals surface area contributed by atoms with Gasteiger partial charge in [0.1, 0.15) is 11.3 Å². The summed E-state index contributed by atoms with van der Waals surface area (Å²) in [6.07, 6.45) is 1.75. The Labute approximate surface area is 180 Å². The standard InChI is InChI=1S/C23H25N5O3/c1-28-18-12-21(26-16-10-19(29-2)22(31-4)20(11-16)30-3)24-14-17(18)27-23(28)25-13-15-8-6-5-7-9-15/h5-12,14H,13H2,1-4H3,(H,24,26)(H,25,27). The Balaban J connectivity index is 1.59. The Hall–Kier alpha value is -3.94. The summed E-state index contributed by atoms with van der Waals surface area (Å²) in [5.41, 5.74) is 3.73. The fraction of sp³-hybridized carbons (Fsp3) is 0.217. The topological polar surface area (TPSA) is 82.5 Å². The molecule has 0 unspecified atom stereocenters. The first-order valence-electron chi connectivity index (χ1n) is 9.80. The van der Waals surface area contributed by atoms with Gasteiger partial charge in [-0.05, 0) is 5.56 Å². The monoisotopic (exact) mass is 419 g/mol. The van der Waals surface area contributed by atoms with Crippen molar-refractivity contribution in [1.29, 1.82) is 0 Å². The first-order chi connectivity index (χ1) is 15.1. The average Bonchev–Trinajstić information content (AvgIpc) is 3.12. The highest BCUT2D eigenvalue weighted by molar-refractivity contribution is 5.81. The van der Waals surface area contributed by atoms with Gasteiger partial charge in [0, 0.05) is 37.5 Å². The van der Waals surface area contributed by atoms with Gasteiger partial charge in [-0.15, -0.1) is 0 Å². The predicted octanol–water partition coefficient (Wildman–Crippen LogP) is 4.35. The largest absolute Gasteiger partial charge is 0.493 e. The van der Waals surface area contributed by atoms with Crippen LogP contribution in [0.4, 0.5) is 17.5 Å². The molecule has 160 valence electrons. The minimum Gasteiger partial charge on any atom is -0.493 e. The molecular formula is C23H25N5O3. The number of hydrogen-bond acceptors (Lipinski definition) is 7. The lowest BCUT2D eigenvalue weighted by atomic mass is 10.2. The van der Waals surface area contributed by atoms with E-state index in [1.54, 1.807) is 27.5 Å². The van der Waals surface area contributed by atoms with Crippen LogP contribution < -0.4 is 24.8 Å². The number of ether oxygens (including phenoxy) is 3. The Morgan fingerprint density at radius 2 is 1.65 bits per heavy atom. The van der Waals surface area contributed by atoms with Gasteiger partial charge < -0.3 is 29.4 Å². The Kier molecular flexibility index (Phi) is 5.79. The molecule has 4 aromatic rings. The van der Waals surface area contributed by atoms with Gasteiger partial charge in [0.15, 0.2) is 11.5 Å². The van der Waals surface area contributed by atoms with E-state index < -0.39 is 0 Å². The fourth-order valence-electron chi connectivity index (χ4n) is 3.40. The van der Waals surface area contributed by atoms with Gasteiger partial charge >= 0.3 is 0 Å². The first kappa shape index (κ1) is 20.3. The third-order valence-electron chi connectivity index (χ3n) is 5.00. The summed E-state index contributed by atoms with van der Waals surface area (Å²) in [6, 6.07) is 15.8. The second kappa shape index (κ2) is 8.83. The van der Waals surface area contributed by atoms with Crippen LogP contribution in [0.3, 0.4) is 0 Å². The van der Waals surface area contributed by atoms with E-state index in [1.807, 2.05) is 48.0 Å². The molecule has 0 saturated heterocycles. The molecule has 0 aliphatic rings. The van der Waals surface area contributed by atoms with Crippen LogP contribution in [-0.4, -0.2) is 35.9 Å². The van der Waals surface area contributed by atoms with E-state index in [1.165, 1.54) is 5.56 Å². The van der Waals surface area contributed by atoms with E-state index in [9.17, 15) is 0 Å². The number of imidazole rings is 1. The van der Waals surface area contributed by atoms with Crippen molar-refractivity contribution in [2.75, 3.05) is 32.0 Å². The molecule has 0 saturated carbocycles. The normalized spacial score (nSPS) is 10.7. The van der Waals surface area contributed by atoms with Crippen LogP contribution in [0.5, 0.6) is 17.2 Å². The SMILES string of the molecule is COc1cc(Nc2cc3c(cn2)nc(NCc2ccccc2)n3C)cc(OC)c1OC.